The lowest BCUT2D eigenvalue weighted by atomic mass is 9.91. The lowest BCUT2D eigenvalue weighted by Crippen LogP contribution is -2.44. The van der Waals surface area contributed by atoms with Crippen LogP contribution in [-0.4, -0.2) is 45.4 Å². The summed E-state index contributed by atoms with van der Waals surface area (Å²) < 4.78 is 37.2. The van der Waals surface area contributed by atoms with Gasteiger partial charge in [-0.15, -0.1) is 0 Å². The highest BCUT2D eigenvalue weighted by Crippen LogP contribution is 2.26. The summed E-state index contributed by atoms with van der Waals surface area (Å²) >= 11 is 0. The van der Waals surface area contributed by atoms with Crippen LogP contribution in [0, 0.1) is 0 Å². The predicted octanol–water partition coefficient (Wildman–Crippen LogP) is 0.951. The van der Waals surface area contributed by atoms with Crippen molar-refractivity contribution in [3.05, 3.63) is 29.8 Å². The van der Waals surface area contributed by atoms with Gasteiger partial charge in [0.25, 0.3) is 0 Å². The topological polar surface area (TPSA) is 122 Å². The first kappa shape index (κ1) is 20.9. The Kier molecular flexibility index (Phi) is 6.55. The van der Waals surface area contributed by atoms with Crippen molar-refractivity contribution in [3.8, 4) is 5.75 Å². The number of hydrogen-bond donors (Lipinski definition) is 1. The predicted molar refractivity (Wildman–Crippen MR) is 90.5 cm³/mol. The van der Waals surface area contributed by atoms with Crippen LogP contribution in [0.3, 0.4) is 0 Å². The highest BCUT2D eigenvalue weighted by Gasteiger charge is 2.36. The molecule has 0 aliphatic carbocycles. The highest BCUT2D eigenvalue weighted by atomic mass is 32.2. The molecule has 0 radical (unpaired) electrons. The zero-order chi connectivity index (χ0) is 19.4. The second-order valence-electron chi connectivity index (χ2n) is 6.42. The van der Waals surface area contributed by atoms with Crippen molar-refractivity contribution in [2.45, 2.75) is 38.3 Å². The van der Waals surface area contributed by atoms with Crippen LogP contribution in [0.15, 0.2) is 24.3 Å². The highest BCUT2D eigenvalue weighted by molar-refractivity contribution is 7.86. The normalized spacial score (nSPS) is 14.3. The number of esters is 2. The molecule has 0 aromatic heterocycles. The van der Waals surface area contributed by atoms with Crippen molar-refractivity contribution in [1.29, 1.82) is 0 Å². The molecule has 0 bridgehead atoms. The van der Waals surface area contributed by atoms with Gasteiger partial charge in [-0.2, -0.15) is 8.42 Å². The van der Waals surface area contributed by atoms with E-state index in [1.54, 1.807) is 20.8 Å². The largest absolute Gasteiger partial charge is 0.468 e. The van der Waals surface area contributed by atoms with Crippen molar-refractivity contribution < 1.29 is 31.7 Å². The van der Waals surface area contributed by atoms with Gasteiger partial charge in [0.05, 0.1) is 13.4 Å². The first-order chi connectivity index (χ1) is 11.3. The second kappa shape index (κ2) is 7.83. The fourth-order valence-corrected chi connectivity index (χ4v) is 2.51. The molecule has 140 valence electrons. The van der Waals surface area contributed by atoms with Crippen molar-refractivity contribution in [1.82, 2.24) is 0 Å². The standard InChI is InChI=1S/C16H23NO7S/c1-16(2,3)23-15(19)13(17)12(14(18)22-4)10-7-6-8-11(9-10)24-25(5,20)21/h6-9,12-13H,17H2,1-5H3. The summed E-state index contributed by atoms with van der Waals surface area (Å²) in [5.74, 6) is -2.72. The van der Waals surface area contributed by atoms with Crippen molar-refractivity contribution in [3.63, 3.8) is 0 Å². The molecule has 1 aromatic rings. The summed E-state index contributed by atoms with van der Waals surface area (Å²) in [6.07, 6.45) is 0.893. The Labute approximate surface area is 147 Å². The first-order valence-corrected chi connectivity index (χ1v) is 9.21. The quantitative estimate of drug-likeness (QED) is 0.578. The SMILES string of the molecule is COC(=O)C(c1cccc(OS(C)(=O)=O)c1)C(N)C(=O)OC(C)(C)C. The molecule has 9 heteroatoms. The molecule has 0 amide bonds. The van der Waals surface area contributed by atoms with Gasteiger partial charge in [-0.25, -0.2) is 0 Å². The Morgan fingerprint density at radius 2 is 1.76 bits per heavy atom. The lowest BCUT2D eigenvalue weighted by Gasteiger charge is -2.26. The number of carbonyl (C=O) groups excluding carboxylic acids is 2. The maximum atomic E-state index is 12.2. The minimum Gasteiger partial charge on any atom is -0.468 e. The number of rotatable bonds is 6. The lowest BCUT2D eigenvalue weighted by molar-refractivity contribution is -0.160. The minimum absolute atomic E-state index is 0.00899. The number of nitrogens with two attached hydrogens (primary N) is 1. The van der Waals surface area contributed by atoms with Crippen LogP contribution in [-0.2, 0) is 29.2 Å². The number of hydrogen-bond acceptors (Lipinski definition) is 8. The van der Waals surface area contributed by atoms with E-state index >= 15 is 0 Å². The summed E-state index contributed by atoms with van der Waals surface area (Å²) in [6, 6.07) is 4.37. The molecule has 1 aromatic carbocycles. The molecule has 0 heterocycles. The number of methoxy groups -OCH3 is 1. The van der Waals surface area contributed by atoms with Crippen LogP contribution < -0.4 is 9.92 Å². The molecule has 0 saturated heterocycles. The molecule has 0 aliphatic heterocycles. The molecule has 2 N–H and O–H groups in total. The Bertz CT molecular complexity index is 737. The Morgan fingerprint density at radius 3 is 2.24 bits per heavy atom. The van der Waals surface area contributed by atoms with Crippen LogP contribution in [0.2, 0.25) is 0 Å². The molecular weight excluding hydrogens is 350 g/mol. The van der Waals surface area contributed by atoms with Gasteiger partial charge < -0.3 is 19.4 Å². The number of ether oxygens (including phenoxy) is 2. The number of carbonyl (C=O) groups is 2. The van der Waals surface area contributed by atoms with Gasteiger partial charge in [0.2, 0.25) is 0 Å². The molecule has 0 aliphatic rings. The van der Waals surface area contributed by atoms with E-state index < -0.39 is 39.6 Å². The fourth-order valence-electron chi connectivity index (χ4n) is 2.06. The Balaban J connectivity index is 3.21. The molecule has 8 nitrogen and oxygen atoms in total. The molecule has 1 rings (SSSR count). The third-order valence-electron chi connectivity index (χ3n) is 2.96. The van der Waals surface area contributed by atoms with Crippen LogP contribution in [0.1, 0.15) is 32.3 Å². The minimum atomic E-state index is -3.75. The van der Waals surface area contributed by atoms with Crippen molar-refractivity contribution >= 4 is 22.1 Å². The molecule has 2 unspecified atom stereocenters. The third-order valence-corrected chi connectivity index (χ3v) is 3.45. The Hall–Kier alpha value is -2.13. The van der Waals surface area contributed by atoms with Gasteiger partial charge in [0, 0.05) is 0 Å². The molecule has 0 fully saturated rings. The molecule has 0 spiro atoms. The van der Waals surface area contributed by atoms with E-state index in [1.807, 2.05) is 0 Å². The van der Waals surface area contributed by atoms with E-state index in [0.29, 0.717) is 0 Å². The number of benzene rings is 1. The van der Waals surface area contributed by atoms with Crippen molar-refractivity contribution in [2.75, 3.05) is 13.4 Å². The van der Waals surface area contributed by atoms with E-state index in [4.69, 9.17) is 19.4 Å². The van der Waals surface area contributed by atoms with Crippen LogP contribution >= 0.6 is 0 Å². The summed E-state index contributed by atoms with van der Waals surface area (Å²) in [7, 11) is -2.58. The molecule has 0 saturated carbocycles. The Morgan fingerprint density at radius 1 is 1.16 bits per heavy atom. The van der Waals surface area contributed by atoms with E-state index in [9.17, 15) is 18.0 Å². The van der Waals surface area contributed by atoms with E-state index in [1.165, 1.54) is 24.3 Å². The van der Waals surface area contributed by atoms with Gasteiger partial charge in [0.1, 0.15) is 23.3 Å². The van der Waals surface area contributed by atoms with E-state index in [0.717, 1.165) is 13.4 Å². The summed E-state index contributed by atoms with van der Waals surface area (Å²) in [6.45, 7) is 5.02. The molecule has 25 heavy (non-hydrogen) atoms. The maximum Gasteiger partial charge on any atom is 0.324 e. The van der Waals surface area contributed by atoms with Gasteiger partial charge in [-0.3, -0.25) is 9.59 Å². The van der Waals surface area contributed by atoms with Gasteiger partial charge in [0.15, 0.2) is 0 Å². The average molecular weight is 373 g/mol. The van der Waals surface area contributed by atoms with Gasteiger partial charge >= 0.3 is 22.1 Å². The molecular formula is C16H23NO7S. The van der Waals surface area contributed by atoms with Crippen molar-refractivity contribution in [2.24, 2.45) is 5.73 Å². The van der Waals surface area contributed by atoms with Crippen LogP contribution in [0.5, 0.6) is 5.75 Å². The zero-order valence-electron chi connectivity index (χ0n) is 14.8. The van der Waals surface area contributed by atoms with Crippen LogP contribution in [0.25, 0.3) is 0 Å². The fraction of sp³-hybridized carbons (Fsp3) is 0.500. The first-order valence-electron chi connectivity index (χ1n) is 7.40. The summed E-state index contributed by atoms with van der Waals surface area (Å²) in [4.78, 5) is 24.4. The smallest absolute Gasteiger partial charge is 0.324 e. The van der Waals surface area contributed by atoms with Gasteiger partial charge in [-0.05, 0) is 38.5 Å². The van der Waals surface area contributed by atoms with E-state index in [2.05, 4.69) is 0 Å². The van der Waals surface area contributed by atoms with E-state index in [-0.39, 0.29) is 11.3 Å². The second-order valence-corrected chi connectivity index (χ2v) is 7.99. The molecule has 2 atom stereocenters. The summed E-state index contributed by atoms with van der Waals surface area (Å²) in [5.41, 5.74) is 5.41. The zero-order valence-corrected chi connectivity index (χ0v) is 15.6. The summed E-state index contributed by atoms with van der Waals surface area (Å²) in [5, 5.41) is 0. The maximum absolute atomic E-state index is 12.2. The monoisotopic (exact) mass is 373 g/mol. The van der Waals surface area contributed by atoms with Crippen LogP contribution in [0.4, 0.5) is 0 Å². The third kappa shape index (κ3) is 6.71. The average Bonchev–Trinajstić information content (AvgIpc) is 2.44. The van der Waals surface area contributed by atoms with Gasteiger partial charge in [-0.1, -0.05) is 12.1 Å².